The lowest BCUT2D eigenvalue weighted by molar-refractivity contribution is -0.124. The first-order valence-corrected chi connectivity index (χ1v) is 5.49. The molecule has 2 heterocycles. The Kier molecular flexibility index (Phi) is 2.86. The molecule has 4 nitrogen and oxygen atoms in total. The summed E-state index contributed by atoms with van der Waals surface area (Å²) in [7, 11) is 0. The standard InChI is InChI=1S/C11H16N2O2/c1-8(13-5-3-2-4-6-13)9-7-10(14)12-11(9)15/h7-8H,2-6H2,1H3,(H,12,14,15). The minimum absolute atomic E-state index is 0.0664. The third-order valence-corrected chi connectivity index (χ3v) is 3.17. The summed E-state index contributed by atoms with van der Waals surface area (Å²) in [6.45, 7) is 4.05. The minimum atomic E-state index is -0.279. The minimum Gasteiger partial charge on any atom is -0.296 e. The number of amides is 2. The van der Waals surface area contributed by atoms with Gasteiger partial charge in [0.1, 0.15) is 0 Å². The summed E-state index contributed by atoms with van der Waals surface area (Å²) < 4.78 is 0. The second-order valence-corrected chi connectivity index (χ2v) is 4.19. The first kappa shape index (κ1) is 10.4. The SMILES string of the molecule is CC(C1=CC(=O)NC1=O)N1CCCCC1. The Bertz CT molecular complexity index is 317. The van der Waals surface area contributed by atoms with Gasteiger partial charge in [-0.15, -0.1) is 0 Å². The summed E-state index contributed by atoms with van der Waals surface area (Å²) in [6.07, 6.45) is 5.08. The van der Waals surface area contributed by atoms with E-state index in [1.54, 1.807) is 0 Å². The van der Waals surface area contributed by atoms with Crippen LogP contribution in [-0.2, 0) is 9.59 Å². The van der Waals surface area contributed by atoms with Gasteiger partial charge in [-0.2, -0.15) is 0 Å². The molecule has 1 N–H and O–H groups in total. The number of rotatable bonds is 2. The van der Waals surface area contributed by atoms with Gasteiger partial charge >= 0.3 is 0 Å². The summed E-state index contributed by atoms with van der Waals surface area (Å²) in [5.41, 5.74) is 0.613. The van der Waals surface area contributed by atoms with E-state index in [0.29, 0.717) is 5.57 Å². The molecule has 1 atom stereocenters. The lowest BCUT2D eigenvalue weighted by Gasteiger charge is -2.32. The van der Waals surface area contributed by atoms with Crippen molar-refractivity contribution < 1.29 is 9.59 Å². The highest BCUT2D eigenvalue weighted by atomic mass is 16.2. The molecule has 82 valence electrons. The molecule has 1 saturated heterocycles. The van der Waals surface area contributed by atoms with Gasteiger partial charge in [-0.05, 0) is 32.9 Å². The zero-order valence-corrected chi connectivity index (χ0v) is 8.95. The molecule has 2 aliphatic heterocycles. The van der Waals surface area contributed by atoms with Crippen LogP contribution in [0.3, 0.4) is 0 Å². The van der Waals surface area contributed by atoms with E-state index < -0.39 is 0 Å². The molecule has 4 heteroatoms. The van der Waals surface area contributed by atoms with Crippen molar-refractivity contribution in [2.75, 3.05) is 13.1 Å². The van der Waals surface area contributed by atoms with Crippen LogP contribution in [0.1, 0.15) is 26.2 Å². The molecule has 0 bridgehead atoms. The number of nitrogens with zero attached hydrogens (tertiary/aromatic N) is 1. The molecule has 15 heavy (non-hydrogen) atoms. The molecule has 0 aromatic carbocycles. The van der Waals surface area contributed by atoms with Gasteiger partial charge in [0, 0.05) is 17.7 Å². The van der Waals surface area contributed by atoms with Gasteiger partial charge in [0.25, 0.3) is 11.8 Å². The number of imide groups is 1. The highest BCUT2D eigenvalue weighted by Crippen LogP contribution is 2.18. The van der Waals surface area contributed by atoms with Gasteiger partial charge in [-0.1, -0.05) is 6.42 Å². The molecule has 0 saturated carbocycles. The smallest absolute Gasteiger partial charge is 0.255 e. The Morgan fingerprint density at radius 2 is 1.93 bits per heavy atom. The van der Waals surface area contributed by atoms with E-state index in [-0.39, 0.29) is 17.9 Å². The molecular formula is C11H16N2O2. The number of carbonyl (C=O) groups excluding carboxylic acids is 2. The Morgan fingerprint density at radius 3 is 2.47 bits per heavy atom. The summed E-state index contributed by atoms with van der Waals surface area (Å²) in [5, 5.41) is 2.29. The van der Waals surface area contributed by atoms with Gasteiger partial charge in [0.2, 0.25) is 0 Å². The maximum Gasteiger partial charge on any atom is 0.255 e. The molecule has 2 aliphatic rings. The van der Waals surface area contributed by atoms with Crippen LogP contribution in [-0.4, -0.2) is 35.8 Å². The largest absolute Gasteiger partial charge is 0.296 e. The fourth-order valence-electron chi connectivity index (χ4n) is 2.24. The van der Waals surface area contributed by atoms with Crippen LogP contribution in [0, 0.1) is 0 Å². The van der Waals surface area contributed by atoms with Crippen molar-refractivity contribution in [1.29, 1.82) is 0 Å². The Balaban J connectivity index is 2.06. The molecule has 1 fully saturated rings. The topological polar surface area (TPSA) is 49.4 Å². The third kappa shape index (κ3) is 2.09. The molecular weight excluding hydrogens is 192 g/mol. The van der Waals surface area contributed by atoms with Gasteiger partial charge in [-0.3, -0.25) is 19.8 Å². The maximum absolute atomic E-state index is 11.4. The van der Waals surface area contributed by atoms with Gasteiger partial charge in [0.15, 0.2) is 0 Å². The fraction of sp³-hybridized carbons (Fsp3) is 0.636. The second-order valence-electron chi connectivity index (χ2n) is 4.19. The molecule has 0 aliphatic carbocycles. The molecule has 2 rings (SSSR count). The van der Waals surface area contributed by atoms with E-state index in [9.17, 15) is 9.59 Å². The quantitative estimate of drug-likeness (QED) is 0.670. The molecule has 0 aromatic heterocycles. The van der Waals surface area contributed by atoms with Gasteiger partial charge in [-0.25, -0.2) is 0 Å². The van der Waals surface area contributed by atoms with Gasteiger partial charge < -0.3 is 0 Å². The molecule has 0 aromatic rings. The van der Waals surface area contributed by atoms with Crippen molar-refractivity contribution in [2.24, 2.45) is 0 Å². The summed E-state index contributed by atoms with van der Waals surface area (Å²) in [5.74, 6) is -0.503. The summed E-state index contributed by atoms with van der Waals surface area (Å²) in [6, 6.07) is 0.0664. The van der Waals surface area contributed by atoms with Crippen molar-refractivity contribution in [3.05, 3.63) is 11.6 Å². The predicted molar refractivity (Wildman–Crippen MR) is 56.1 cm³/mol. The van der Waals surface area contributed by atoms with E-state index in [1.165, 1.54) is 25.3 Å². The third-order valence-electron chi connectivity index (χ3n) is 3.17. The van der Waals surface area contributed by atoms with Crippen LogP contribution >= 0.6 is 0 Å². The average Bonchev–Trinajstić information content (AvgIpc) is 2.58. The molecule has 2 amide bonds. The normalized spacial score (nSPS) is 25.0. The molecule has 0 spiro atoms. The van der Waals surface area contributed by atoms with E-state index >= 15 is 0 Å². The first-order chi connectivity index (χ1) is 7.18. The Morgan fingerprint density at radius 1 is 1.27 bits per heavy atom. The zero-order chi connectivity index (χ0) is 10.8. The predicted octanol–water partition coefficient (Wildman–Crippen LogP) is 0.444. The van der Waals surface area contributed by atoms with Crippen molar-refractivity contribution in [2.45, 2.75) is 32.2 Å². The van der Waals surface area contributed by atoms with E-state index in [1.807, 2.05) is 6.92 Å². The zero-order valence-electron chi connectivity index (χ0n) is 8.95. The Labute approximate surface area is 89.3 Å². The van der Waals surface area contributed by atoms with E-state index in [0.717, 1.165) is 13.1 Å². The van der Waals surface area contributed by atoms with E-state index in [2.05, 4.69) is 10.2 Å². The number of nitrogens with one attached hydrogen (secondary N) is 1. The lowest BCUT2D eigenvalue weighted by atomic mass is 10.0. The van der Waals surface area contributed by atoms with Crippen molar-refractivity contribution in [1.82, 2.24) is 10.2 Å². The van der Waals surface area contributed by atoms with Crippen LogP contribution in [0.25, 0.3) is 0 Å². The van der Waals surface area contributed by atoms with Crippen LogP contribution < -0.4 is 5.32 Å². The van der Waals surface area contributed by atoms with Gasteiger partial charge in [0.05, 0.1) is 0 Å². The summed E-state index contributed by atoms with van der Waals surface area (Å²) in [4.78, 5) is 24.7. The number of hydrogen-bond acceptors (Lipinski definition) is 3. The number of carbonyl (C=O) groups is 2. The molecule has 1 unspecified atom stereocenters. The second kappa shape index (κ2) is 4.14. The maximum atomic E-state index is 11.4. The van der Waals surface area contributed by atoms with E-state index in [4.69, 9.17) is 0 Å². The number of hydrogen-bond donors (Lipinski definition) is 1. The number of likely N-dealkylation sites (tertiary alicyclic amines) is 1. The van der Waals surface area contributed by atoms with Crippen LogP contribution in [0.5, 0.6) is 0 Å². The average molecular weight is 208 g/mol. The van der Waals surface area contributed by atoms with Crippen LogP contribution in [0.15, 0.2) is 11.6 Å². The summed E-state index contributed by atoms with van der Waals surface area (Å²) >= 11 is 0. The first-order valence-electron chi connectivity index (χ1n) is 5.49. The van der Waals surface area contributed by atoms with Crippen molar-refractivity contribution in [3.63, 3.8) is 0 Å². The monoisotopic (exact) mass is 208 g/mol. The van der Waals surface area contributed by atoms with Crippen molar-refractivity contribution in [3.8, 4) is 0 Å². The number of piperidine rings is 1. The van der Waals surface area contributed by atoms with Crippen molar-refractivity contribution >= 4 is 11.8 Å². The fourth-order valence-corrected chi connectivity index (χ4v) is 2.24. The lowest BCUT2D eigenvalue weighted by Crippen LogP contribution is -2.40. The van der Waals surface area contributed by atoms with Crippen LogP contribution in [0.2, 0.25) is 0 Å². The highest BCUT2D eigenvalue weighted by molar-refractivity contribution is 6.16. The Hall–Kier alpha value is -1.16. The molecule has 0 radical (unpaired) electrons. The highest BCUT2D eigenvalue weighted by Gasteiger charge is 2.29. The van der Waals surface area contributed by atoms with Crippen LogP contribution in [0.4, 0.5) is 0 Å².